The Hall–Kier alpha value is -1.93. The van der Waals surface area contributed by atoms with Crippen molar-refractivity contribution < 1.29 is 4.42 Å². The van der Waals surface area contributed by atoms with Gasteiger partial charge in [0.25, 0.3) is 0 Å². The molecule has 0 amide bonds. The molecule has 0 saturated heterocycles. The minimum Gasteiger partial charge on any atom is -0.444 e. The van der Waals surface area contributed by atoms with E-state index in [0.29, 0.717) is 18.0 Å². The maximum absolute atomic E-state index is 9.23. The van der Waals surface area contributed by atoms with Gasteiger partial charge in [-0.25, -0.2) is 4.98 Å². The molecule has 0 spiro atoms. The lowest BCUT2D eigenvalue weighted by Crippen LogP contribution is -2.02. The number of anilines is 1. The summed E-state index contributed by atoms with van der Waals surface area (Å²) in [5.74, 6) is 1.51. The Balaban J connectivity index is 2.13. The van der Waals surface area contributed by atoms with Gasteiger partial charge in [-0.15, -0.1) is 11.8 Å². The molecule has 1 aromatic heterocycles. The standard InChI is InChI=1S/C14H15N3OS/c1-3-10-8-17-14(18-10)9-16-12-5-4-6-13(19-2)11(12)7-15/h4-6,8,16H,3,9H2,1-2H3. The number of aryl methyl sites for hydroxylation is 1. The first-order chi connectivity index (χ1) is 9.28. The number of nitriles is 1. The minimum absolute atomic E-state index is 0.479. The second-order valence-electron chi connectivity index (χ2n) is 3.92. The van der Waals surface area contributed by atoms with Crippen LogP contribution in [0.1, 0.15) is 24.1 Å². The molecule has 19 heavy (non-hydrogen) atoms. The van der Waals surface area contributed by atoms with E-state index in [0.717, 1.165) is 22.8 Å². The number of hydrogen-bond donors (Lipinski definition) is 1. The summed E-state index contributed by atoms with van der Waals surface area (Å²) < 4.78 is 5.52. The molecular weight excluding hydrogens is 258 g/mol. The molecule has 0 aliphatic heterocycles. The molecule has 2 aromatic rings. The molecule has 4 nitrogen and oxygen atoms in total. The van der Waals surface area contributed by atoms with Gasteiger partial charge in [-0.3, -0.25) is 0 Å². The maximum atomic E-state index is 9.23. The summed E-state index contributed by atoms with van der Waals surface area (Å²) in [5.41, 5.74) is 1.47. The molecule has 1 aromatic carbocycles. The summed E-state index contributed by atoms with van der Waals surface area (Å²) in [5, 5.41) is 12.4. The van der Waals surface area contributed by atoms with Crippen LogP contribution in [0.5, 0.6) is 0 Å². The van der Waals surface area contributed by atoms with Gasteiger partial charge >= 0.3 is 0 Å². The number of hydrogen-bond acceptors (Lipinski definition) is 5. The van der Waals surface area contributed by atoms with Crippen molar-refractivity contribution >= 4 is 17.4 Å². The number of benzene rings is 1. The van der Waals surface area contributed by atoms with Gasteiger partial charge in [-0.2, -0.15) is 5.26 Å². The molecule has 0 aliphatic carbocycles. The second-order valence-corrected chi connectivity index (χ2v) is 4.77. The number of rotatable bonds is 5. The van der Waals surface area contributed by atoms with Gasteiger partial charge in [0.05, 0.1) is 24.0 Å². The third-order valence-electron chi connectivity index (χ3n) is 2.74. The highest BCUT2D eigenvalue weighted by Gasteiger charge is 2.08. The molecule has 98 valence electrons. The zero-order valence-electron chi connectivity index (χ0n) is 10.9. The molecule has 0 bridgehead atoms. The van der Waals surface area contributed by atoms with Gasteiger partial charge < -0.3 is 9.73 Å². The zero-order chi connectivity index (χ0) is 13.7. The van der Waals surface area contributed by atoms with E-state index in [1.165, 1.54) is 0 Å². The molecule has 1 heterocycles. The van der Waals surface area contributed by atoms with Crippen LogP contribution < -0.4 is 5.32 Å². The molecule has 1 N–H and O–H groups in total. The van der Waals surface area contributed by atoms with E-state index in [2.05, 4.69) is 16.4 Å². The number of nitrogens with one attached hydrogen (secondary N) is 1. The fourth-order valence-corrected chi connectivity index (χ4v) is 2.30. The molecule has 5 heteroatoms. The summed E-state index contributed by atoms with van der Waals surface area (Å²) in [6.07, 6.45) is 4.53. The van der Waals surface area contributed by atoms with E-state index in [4.69, 9.17) is 4.42 Å². The van der Waals surface area contributed by atoms with Crippen LogP contribution in [-0.2, 0) is 13.0 Å². The number of nitrogens with zero attached hydrogens (tertiary/aromatic N) is 2. The van der Waals surface area contributed by atoms with Crippen LogP contribution in [0.2, 0.25) is 0 Å². The van der Waals surface area contributed by atoms with Crippen LogP contribution in [0.4, 0.5) is 5.69 Å². The van der Waals surface area contributed by atoms with Crippen molar-refractivity contribution in [2.45, 2.75) is 24.8 Å². The zero-order valence-corrected chi connectivity index (χ0v) is 11.8. The van der Waals surface area contributed by atoms with Crippen LogP contribution >= 0.6 is 11.8 Å². The van der Waals surface area contributed by atoms with Crippen molar-refractivity contribution in [2.75, 3.05) is 11.6 Å². The summed E-state index contributed by atoms with van der Waals surface area (Å²) in [6, 6.07) is 8.00. The predicted octanol–water partition coefficient (Wildman–Crippen LogP) is 3.44. The Labute approximate surface area is 116 Å². The number of oxazole rings is 1. The first kappa shape index (κ1) is 13.5. The van der Waals surface area contributed by atoms with E-state index in [-0.39, 0.29) is 0 Å². The molecular formula is C14H15N3OS. The van der Waals surface area contributed by atoms with E-state index in [9.17, 15) is 5.26 Å². The quantitative estimate of drug-likeness (QED) is 0.845. The van der Waals surface area contributed by atoms with Gasteiger partial charge in [-0.05, 0) is 18.4 Å². The Morgan fingerprint density at radius 1 is 1.47 bits per heavy atom. The highest BCUT2D eigenvalue weighted by atomic mass is 32.2. The van der Waals surface area contributed by atoms with Gasteiger partial charge in [0, 0.05) is 11.3 Å². The van der Waals surface area contributed by atoms with Crippen molar-refractivity contribution in [1.82, 2.24) is 4.98 Å². The molecule has 0 radical (unpaired) electrons. The number of thioether (sulfide) groups is 1. The highest BCUT2D eigenvalue weighted by molar-refractivity contribution is 7.98. The molecule has 2 rings (SSSR count). The van der Waals surface area contributed by atoms with Crippen molar-refractivity contribution in [3.63, 3.8) is 0 Å². The Bertz CT molecular complexity index is 601. The monoisotopic (exact) mass is 273 g/mol. The SMILES string of the molecule is CCc1cnc(CNc2cccc(SC)c2C#N)o1. The molecule has 0 saturated carbocycles. The van der Waals surface area contributed by atoms with Gasteiger partial charge in [0.1, 0.15) is 11.8 Å². The lowest BCUT2D eigenvalue weighted by Gasteiger charge is -2.08. The maximum Gasteiger partial charge on any atom is 0.213 e. The Morgan fingerprint density at radius 2 is 2.32 bits per heavy atom. The number of aromatic nitrogens is 1. The van der Waals surface area contributed by atoms with Crippen LogP contribution in [0.25, 0.3) is 0 Å². The fraction of sp³-hybridized carbons (Fsp3) is 0.286. The van der Waals surface area contributed by atoms with Crippen LogP contribution in [0, 0.1) is 11.3 Å². The van der Waals surface area contributed by atoms with Crippen molar-refractivity contribution in [3.8, 4) is 6.07 Å². The van der Waals surface area contributed by atoms with Gasteiger partial charge in [0.15, 0.2) is 0 Å². The van der Waals surface area contributed by atoms with Gasteiger partial charge in [-0.1, -0.05) is 13.0 Å². The van der Waals surface area contributed by atoms with Crippen molar-refractivity contribution in [2.24, 2.45) is 0 Å². The van der Waals surface area contributed by atoms with E-state index in [1.807, 2.05) is 31.4 Å². The molecule has 0 atom stereocenters. The lowest BCUT2D eigenvalue weighted by atomic mass is 10.2. The molecule has 0 aliphatic rings. The second kappa shape index (κ2) is 6.30. The fourth-order valence-electron chi connectivity index (χ4n) is 1.73. The normalized spacial score (nSPS) is 10.2. The summed E-state index contributed by atoms with van der Waals surface area (Å²) in [6.45, 7) is 2.50. The first-order valence-corrected chi connectivity index (χ1v) is 7.25. The third kappa shape index (κ3) is 3.09. The van der Waals surface area contributed by atoms with E-state index in [1.54, 1.807) is 18.0 Å². The third-order valence-corrected chi connectivity index (χ3v) is 3.52. The summed E-state index contributed by atoms with van der Waals surface area (Å²) in [4.78, 5) is 5.15. The minimum atomic E-state index is 0.479. The van der Waals surface area contributed by atoms with E-state index >= 15 is 0 Å². The summed E-state index contributed by atoms with van der Waals surface area (Å²) in [7, 11) is 0. The van der Waals surface area contributed by atoms with Crippen molar-refractivity contribution in [1.29, 1.82) is 5.26 Å². The summed E-state index contributed by atoms with van der Waals surface area (Å²) >= 11 is 1.56. The smallest absolute Gasteiger partial charge is 0.213 e. The topological polar surface area (TPSA) is 61.9 Å². The average molecular weight is 273 g/mol. The largest absolute Gasteiger partial charge is 0.444 e. The Kier molecular flexibility index (Phi) is 4.48. The highest BCUT2D eigenvalue weighted by Crippen LogP contribution is 2.26. The lowest BCUT2D eigenvalue weighted by molar-refractivity contribution is 0.466. The Morgan fingerprint density at radius 3 is 2.95 bits per heavy atom. The van der Waals surface area contributed by atoms with Crippen molar-refractivity contribution in [3.05, 3.63) is 41.6 Å². The predicted molar refractivity (Wildman–Crippen MR) is 76.1 cm³/mol. The average Bonchev–Trinajstić information content (AvgIpc) is 2.92. The van der Waals surface area contributed by atoms with Crippen LogP contribution in [0.3, 0.4) is 0 Å². The molecule has 0 fully saturated rings. The van der Waals surface area contributed by atoms with Crippen LogP contribution in [0.15, 0.2) is 33.7 Å². The first-order valence-electron chi connectivity index (χ1n) is 6.03. The van der Waals surface area contributed by atoms with E-state index < -0.39 is 0 Å². The van der Waals surface area contributed by atoms with Gasteiger partial charge in [0.2, 0.25) is 5.89 Å². The molecule has 0 unspecified atom stereocenters. The van der Waals surface area contributed by atoms with Crippen LogP contribution in [-0.4, -0.2) is 11.2 Å².